The molecule has 0 unspecified atom stereocenters. The lowest BCUT2D eigenvalue weighted by Gasteiger charge is -2.19. The zero-order chi connectivity index (χ0) is 24.7. The maximum Gasteiger partial charge on any atom is 0.270 e. The third kappa shape index (κ3) is 6.32. The number of para-hydroxylation sites is 2. The van der Waals surface area contributed by atoms with Crippen molar-refractivity contribution in [2.45, 2.75) is 25.0 Å². The van der Waals surface area contributed by atoms with E-state index >= 15 is 0 Å². The summed E-state index contributed by atoms with van der Waals surface area (Å²) in [7, 11) is 1.53. The van der Waals surface area contributed by atoms with E-state index in [1.165, 1.54) is 31.4 Å². The molecule has 178 valence electrons. The van der Waals surface area contributed by atoms with Gasteiger partial charge in [0, 0.05) is 17.7 Å². The Labute approximate surface area is 199 Å². The highest BCUT2D eigenvalue weighted by atomic mass is 32.2. The second-order valence-electron chi connectivity index (χ2n) is 7.54. The number of aromatic nitrogens is 3. The number of thioether (sulfide) groups is 1. The van der Waals surface area contributed by atoms with Crippen molar-refractivity contribution in [2.75, 3.05) is 18.2 Å². The summed E-state index contributed by atoms with van der Waals surface area (Å²) in [6, 6.07) is 12.1. The average Bonchev–Trinajstić information content (AvgIpc) is 3.30. The van der Waals surface area contributed by atoms with Crippen LogP contribution in [-0.4, -0.2) is 44.8 Å². The topological polar surface area (TPSA) is 152 Å². The lowest BCUT2D eigenvalue weighted by molar-refractivity contribution is -0.384. The molecule has 1 heterocycles. The second-order valence-corrected chi connectivity index (χ2v) is 8.49. The van der Waals surface area contributed by atoms with Crippen LogP contribution in [0.1, 0.15) is 36.1 Å². The van der Waals surface area contributed by atoms with Gasteiger partial charge in [0.15, 0.2) is 0 Å². The van der Waals surface area contributed by atoms with Crippen LogP contribution in [-0.2, 0) is 4.79 Å². The maximum absolute atomic E-state index is 12.7. The van der Waals surface area contributed by atoms with Crippen LogP contribution in [0.25, 0.3) is 0 Å². The fraction of sp³-hybridized carbons (Fsp3) is 0.273. The van der Waals surface area contributed by atoms with E-state index in [0.29, 0.717) is 22.4 Å². The van der Waals surface area contributed by atoms with Crippen LogP contribution in [0.4, 0.5) is 11.4 Å². The highest BCUT2D eigenvalue weighted by molar-refractivity contribution is 7.99. The molecule has 0 bridgehead atoms. The molecule has 0 radical (unpaired) electrons. The molecule has 0 aliphatic rings. The minimum atomic E-state index is -0.555. The summed E-state index contributed by atoms with van der Waals surface area (Å²) in [5, 5.41) is 23.9. The summed E-state index contributed by atoms with van der Waals surface area (Å²) < 4.78 is 5.22. The molecule has 34 heavy (non-hydrogen) atoms. The first-order chi connectivity index (χ1) is 16.3. The molecule has 0 spiro atoms. The van der Waals surface area contributed by atoms with Crippen LogP contribution in [0.2, 0.25) is 0 Å². The first-order valence-corrected chi connectivity index (χ1v) is 11.3. The Bertz CT molecular complexity index is 1180. The number of hydrogen-bond donors (Lipinski definition) is 3. The maximum atomic E-state index is 12.7. The normalized spacial score (nSPS) is 11.6. The number of amides is 2. The van der Waals surface area contributed by atoms with Crippen molar-refractivity contribution in [3.8, 4) is 5.75 Å². The molecular weight excluding hydrogens is 460 g/mol. The first kappa shape index (κ1) is 24.7. The number of carbonyl (C=O) groups excluding carboxylic acids is 2. The number of non-ortho nitro benzene ring substituents is 1. The lowest BCUT2D eigenvalue weighted by atomic mass is 10.0. The number of rotatable bonds is 10. The van der Waals surface area contributed by atoms with Gasteiger partial charge in [0.25, 0.3) is 11.6 Å². The molecule has 3 rings (SSSR count). The Morgan fingerprint density at radius 3 is 2.68 bits per heavy atom. The molecule has 3 N–H and O–H groups in total. The summed E-state index contributed by atoms with van der Waals surface area (Å²) in [5.41, 5.74) is 0.565. The third-order valence-corrected chi connectivity index (χ3v) is 5.61. The Kier molecular flexibility index (Phi) is 8.19. The summed E-state index contributed by atoms with van der Waals surface area (Å²) >= 11 is 1.14. The van der Waals surface area contributed by atoms with Gasteiger partial charge in [-0.2, -0.15) is 0 Å². The fourth-order valence-corrected chi connectivity index (χ4v) is 3.67. The van der Waals surface area contributed by atoms with Crippen molar-refractivity contribution >= 4 is 35.0 Å². The number of H-pyrrole nitrogens is 1. The molecule has 0 aliphatic heterocycles. The number of anilines is 1. The molecule has 0 saturated carbocycles. The molecule has 11 nitrogen and oxygen atoms in total. The highest BCUT2D eigenvalue weighted by Crippen LogP contribution is 2.25. The molecule has 12 heteroatoms. The molecule has 1 aromatic heterocycles. The average molecular weight is 485 g/mol. The number of aromatic amines is 1. The predicted octanol–water partition coefficient (Wildman–Crippen LogP) is 3.58. The molecule has 0 aliphatic carbocycles. The van der Waals surface area contributed by atoms with Crippen LogP contribution in [0, 0.1) is 16.0 Å². The Morgan fingerprint density at radius 1 is 1.21 bits per heavy atom. The van der Waals surface area contributed by atoms with Crippen LogP contribution >= 0.6 is 11.8 Å². The van der Waals surface area contributed by atoms with Gasteiger partial charge in [-0.1, -0.05) is 43.8 Å². The van der Waals surface area contributed by atoms with E-state index < -0.39 is 16.9 Å². The minimum Gasteiger partial charge on any atom is -0.495 e. The van der Waals surface area contributed by atoms with E-state index in [4.69, 9.17) is 4.74 Å². The van der Waals surface area contributed by atoms with E-state index in [9.17, 15) is 19.7 Å². The van der Waals surface area contributed by atoms with Gasteiger partial charge in [-0.05, 0) is 24.1 Å². The molecule has 1 atom stereocenters. The number of hydrogen-bond acceptors (Lipinski definition) is 8. The quantitative estimate of drug-likeness (QED) is 0.224. The SMILES string of the molecule is COc1ccccc1NC(=O)CSc1n[nH]c([C@@H](NC(=O)c2cccc([N+](=O)[O-])c2)C(C)C)n1. The van der Waals surface area contributed by atoms with Gasteiger partial charge in [0.1, 0.15) is 11.6 Å². The van der Waals surface area contributed by atoms with Crippen LogP contribution in [0.5, 0.6) is 5.75 Å². The first-order valence-electron chi connectivity index (χ1n) is 10.3. The number of nitrogens with zero attached hydrogens (tertiary/aromatic N) is 3. The number of ether oxygens (including phenoxy) is 1. The largest absolute Gasteiger partial charge is 0.495 e. The van der Waals surface area contributed by atoms with Crippen molar-refractivity contribution in [1.29, 1.82) is 0 Å². The summed E-state index contributed by atoms with van der Waals surface area (Å²) in [5.74, 6) is 0.273. The number of methoxy groups -OCH3 is 1. The van der Waals surface area contributed by atoms with Gasteiger partial charge < -0.3 is 15.4 Å². The van der Waals surface area contributed by atoms with Crippen LogP contribution in [0.15, 0.2) is 53.7 Å². The monoisotopic (exact) mass is 484 g/mol. The Hall–Kier alpha value is -3.93. The fourth-order valence-electron chi connectivity index (χ4n) is 3.06. The van der Waals surface area contributed by atoms with Crippen molar-refractivity contribution < 1.29 is 19.2 Å². The standard InChI is InChI=1S/C22H24N6O5S/c1-13(2)19(24-21(30)14-7-6-8-15(11-14)28(31)32)20-25-22(27-26-20)34-12-18(29)23-16-9-4-5-10-17(16)33-3/h4-11,13,19H,12H2,1-3H3,(H,23,29)(H,24,30)(H,25,26,27)/t19-/m0/s1. The van der Waals surface area contributed by atoms with Crippen molar-refractivity contribution in [2.24, 2.45) is 5.92 Å². The van der Waals surface area contributed by atoms with Crippen LogP contribution < -0.4 is 15.4 Å². The predicted molar refractivity (Wildman–Crippen MR) is 127 cm³/mol. The van der Waals surface area contributed by atoms with E-state index in [1.807, 2.05) is 13.8 Å². The summed E-state index contributed by atoms with van der Waals surface area (Å²) in [4.78, 5) is 39.9. The number of carbonyl (C=O) groups is 2. The van der Waals surface area contributed by atoms with E-state index in [0.717, 1.165) is 11.8 Å². The molecule has 0 fully saturated rings. The second kappa shape index (κ2) is 11.3. The Morgan fingerprint density at radius 2 is 1.97 bits per heavy atom. The minimum absolute atomic E-state index is 0.0534. The van der Waals surface area contributed by atoms with E-state index in [1.54, 1.807) is 24.3 Å². The smallest absolute Gasteiger partial charge is 0.270 e. The highest BCUT2D eigenvalue weighted by Gasteiger charge is 2.24. The third-order valence-electron chi connectivity index (χ3n) is 4.76. The van der Waals surface area contributed by atoms with Crippen molar-refractivity contribution in [1.82, 2.24) is 20.5 Å². The van der Waals surface area contributed by atoms with Crippen LogP contribution in [0.3, 0.4) is 0 Å². The van der Waals surface area contributed by atoms with Gasteiger partial charge in [0.05, 0.1) is 29.5 Å². The van der Waals surface area contributed by atoms with Gasteiger partial charge in [-0.15, -0.1) is 5.10 Å². The summed E-state index contributed by atoms with van der Waals surface area (Å²) in [6.07, 6.45) is 0. The van der Waals surface area contributed by atoms with Crippen molar-refractivity contribution in [3.63, 3.8) is 0 Å². The molecule has 3 aromatic rings. The van der Waals surface area contributed by atoms with E-state index in [-0.39, 0.29) is 28.8 Å². The van der Waals surface area contributed by atoms with Crippen molar-refractivity contribution in [3.05, 3.63) is 70.0 Å². The number of nitro benzene ring substituents is 1. The molecule has 2 aromatic carbocycles. The number of benzene rings is 2. The number of nitro groups is 1. The van der Waals surface area contributed by atoms with Gasteiger partial charge in [-0.25, -0.2) is 4.98 Å². The zero-order valence-corrected chi connectivity index (χ0v) is 19.6. The molecule has 2 amide bonds. The van der Waals surface area contributed by atoms with Gasteiger partial charge in [0.2, 0.25) is 11.1 Å². The molecule has 0 saturated heterocycles. The van der Waals surface area contributed by atoms with Gasteiger partial charge in [-0.3, -0.25) is 24.8 Å². The summed E-state index contributed by atoms with van der Waals surface area (Å²) in [6.45, 7) is 3.79. The Balaban J connectivity index is 1.63. The number of nitrogens with one attached hydrogen (secondary N) is 3. The lowest BCUT2D eigenvalue weighted by Crippen LogP contribution is -2.32. The molecular formula is C22H24N6O5S. The van der Waals surface area contributed by atoms with E-state index in [2.05, 4.69) is 25.8 Å². The van der Waals surface area contributed by atoms with Gasteiger partial charge >= 0.3 is 0 Å². The zero-order valence-electron chi connectivity index (χ0n) is 18.8.